The number of hydrogen-bond acceptors (Lipinski definition) is 5. The van der Waals surface area contributed by atoms with E-state index >= 15 is 0 Å². The van der Waals surface area contributed by atoms with E-state index in [9.17, 15) is 8.42 Å². The zero-order chi connectivity index (χ0) is 16.3. The minimum absolute atomic E-state index is 0.246. The van der Waals surface area contributed by atoms with Gasteiger partial charge in [0.2, 0.25) is 15.2 Å². The Kier molecular flexibility index (Phi) is 4.90. The molecule has 0 spiro atoms. The van der Waals surface area contributed by atoms with Crippen molar-refractivity contribution in [2.75, 3.05) is 6.54 Å². The van der Waals surface area contributed by atoms with Crippen LogP contribution < -0.4 is 4.72 Å². The van der Waals surface area contributed by atoms with Gasteiger partial charge in [0.25, 0.3) is 0 Å². The molecule has 0 radical (unpaired) electrons. The Labute approximate surface area is 146 Å². The van der Waals surface area contributed by atoms with Crippen molar-refractivity contribution < 1.29 is 8.42 Å². The lowest BCUT2D eigenvalue weighted by atomic mass is 10.3. The van der Waals surface area contributed by atoms with E-state index in [2.05, 4.69) is 30.7 Å². The summed E-state index contributed by atoms with van der Waals surface area (Å²) in [6, 6.07) is 8.35. The van der Waals surface area contributed by atoms with E-state index in [1.807, 2.05) is 17.6 Å². The first-order valence-corrected chi connectivity index (χ1v) is 9.90. The van der Waals surface area contributed by atoms with Crippen LogP contribution in [-0.4, -0.2) is 29.7 Å². The van der Waals surface area contributed by atoms with Crippen molar-refractivity contribution in [3.8, 4) is 5.13 Å². The number of nitrogens with zero attached hydrogens (tertiary/aromatic N) is 3. The quantitative estimate of drug-likeness (QED) is 0.674. The Hall–Kier alpha value is -1.55. The van der Waals surface area contributed by atoms with Crippen LogP contribution in [0.4, 0.5) is 0 Å². The second-order valence-corrected chi connectivity index (χ2v) is 8.19. The molecule has 120 valence electrons. The summed E-state index contributed by atoms with van der Waals surface area (Å²) in [7, 11) is -3.50. The molecule has 0 amide bonds. The first-order valence-electron chi connectivity index (χ1n) is 6.74. The third kappa shape index (κ3) is 4.05. The minimum atomic E-state index is -3.50. The summed E-state index contributed by atoms with van der Waals surface area (Å²) in [5.74, 6) is 0. The molecule has 2 aromatic heterocycles. The van der Waals surface area contributed by atoms with E-state index in [1.165, 1.54) is 11.3 Å². The molecule has 0 aliphatic carbocycles. The molecule has 3 rings (SSSR count). The zero-order valence-corrected chi connectivity index (χ0v) is 15.1. The molecular weight excluding hydrogens is 400 g/mol. The van der Waals surface area contributed by atoms with Crippen molar-refractivity contribution in [1.82, 2.24) is 19.5 Å². The van der Waals surface area contributed by atoms with Crippen LogP contribution in [0.25, 0.3) is 5.13 Å². The van der Waals surface area contributed by atoms with Crippen molar-refractivity contribution in [3.05, 3.63) is 58.3 Å². The van der Waals surface area contributed by atoms with Crippen LogP contribution in [0.3, 0.4) is 0 Å². The van der Waals surface area contributed by atoms with Gasteiger partial charge in [-0.1, -0.05) is 15.9 Å². The van der Waals surface area contributed by atoms with Gasteiger partial charge >= 0.3 is 0 Å². The second kappa shape index (κ2) is 6.91. The summed E-state index contributed by atoms with van der Waals surface area (Å²) < 4.78 is 29.4. The highest BCUT2D eigenvalue weighted by Gasteiger charge is 2.13. The molecule has 0 fully saturated rings. The third-order valence-corrected chi connectivity index (χ3v) is 5.92. The maximum Gasteiger partial charge on any atom is 0.240 e. The Morgan fingerprint density at radius 1 is 1.26 bits per heavy atom. The van der Waals surface area contributed by atoms with E-state index < -0.39 is 10.0 Å². The lowest BCUT2D eigenvalue weighted by Crippen LogP contribution is -2.26. The van der Waals surface area contributed by atoms with Crippen LogP contribution >= 0.6 is 27.3 Å². The molecule has 1 N–H and O–H groups in total. The molecule has 1 aromatic carbocycles. The summed E-state index contributed by atoms with van der Waals surface area (Å²) in [4.78, 5) is 4.68. The number of thiazole rings is 1. The van der Waals surface area contributed by atoms with Crippen LogP contribution in [0.5, 0.6) is 0 Å². The molecule has 0 atom stereocenters. The highest BCUT2D eigenvalue weighted by molar-refractivity contribution is 9.10. The summed E-state index contributed by atoms with van der Waals surface area (Å²) in [5, 5.41) is 6.79. The first kappa shape index (κ1) is 16.3. The molecule has 0 bridgehead atoms. The Morgan fingerprint density at radius 3 is 2.74 bits per heavy atom. The van der Waals surface area contributed by atoms with E-state index in [1.54, 1.807) is 35.1 Å². The van der Waals surface area contributed by atoms with Gasteiger partial charge in [0.05, 0.1) is 10.6 Å². The number of rotatable bonds is 6. The van der Waals surface area contributed by atoms with E-state index in [0.29, 0.717) is 13.0 Å². The third-order valence-electron chi connectivity index (χ3n) is 3.04. The fourth-order valence-electron chi connectivity index (χ4n) is 1.91. The van der Waals surface area contributed by atoms with Gasteiger partial charge in [0.15, 0.2) is 0 Å². The topological polar surface area (TPSA) is 76.9 Å². The van der Waals surface area contributed by atoms with E-state index in [-0.39, 0.29) is 4.90 Å². The molecule has 3 aromatic rings. The van der Waals surface area contributed by atoms with E-state index in [4.69, 9.17) is 0 Å². The highest BCUT2D eigenvalue weighted by Crippen LogP contribution is 2.16. The molecule has 0 aliphatic heterocycles. The summed E-state index contributed by atoms with van der Waals surface area (Å²) in [6.45, 7) is 0.292. The molecule has 0 aliphatic rings. The number of nitrogens with one attached hydrogen (secondary N) is 1. The Morgan fingerprint density at radius 2 is 2.04 bits per heavy atom. The summed E-state index contributed by atoms with van der Waals surface area (Å²) >= 11 is 4.75. The van der Waals surface area contributed by atoms with Gasteiger partial charge in [-0.15, -0.1) is 11.3 Å². The van der Waals surface area contributed by atoms with Gasteiger partial charge in [-0.05, 0) is 30.3 Å². The number of benzene rings is 1. The molecule has 0 unspecified atom stereocenters. The predicted molar refractivity (Wildman–Crippen MR) is 92.3 cm³/mol. The first-order chi connectivity index (χ1) is 11.0. The molecular formula is C14H13BrN4O2S2. The van der Waals surface area contributed by atoms with Crippen molar-refractivity contribution in [3.63, 3.8) is 0 Å². The van der Waals surface area contributed by atoms with Crippen LogP contribution in [0.15, 0.2) is 57.5 Å². The highest BCUT2D eigenvalue weighted by atomic mass is 79.9. The maximum atomic E-state index is 12.2. The molecule has 9 heteroatoms. The largest absolute Gasteiger partial charge is 0.240 e. The molecule has 2 heterocycles. The van der Waals surface area contributed by atoms with Gasteiger partial charge in [-0.3, -0.25) is 0 Å². The van der Waals surface area contributed by atoms with Gasteiger partial charge in [-0.2, -0.15) is 5.10 Å². The average Bonchev–Trinajstić information content (AvgIpc) is 3.18. The molecule has 0 saturated heterocycles. The predicted octanol–water partition coefficient (Wildman–Crippen LogP) is 2.61. The minimum Gasteiger partial charge on any atom is -0.223 e. The number of hydrogen-bond donors (Lipinski definition) is 1. The fraction of sp³-hybridized carbons (Fsp3) is 0.143. The van der Waals surface area contributed by atoms with Gasteiger partial charge in [-0.25, -0.2) is 22.8 Å². The zero-order valence-electron chi connectivity index (χ0n) is 11.9. The molecule has 0 saturated carbocycles. The van der Waals surface area contributed by atoms with Crippen LogP contribution in [0, 0.1) is 0 Å². The van der Waals surface area contributed by atoms with Gasteiger partial charge < -0.3 is 0 Å². The number of aromatic nitrogens is 3. The summed E-state index contributed by atoms with van der Waals surface area (Å²) in [5.41, 5.74) is 0.832. The second-order valence-electron chi connectivity index (χ2n) is 4.67. The lowest BCUT2D eigenvalue weighted by molar-refractivity contribution is 0.581. The molecule has 23 heavy (non-hydrogen) atoms. The van der Waals surface area contributed by atoms with Crippen molar-refractivity contribution >= 4 is 37.3 Å². The van der Waals surface area contributed by atoms with Crippen molar-refractivity contribution in [2.24, 2.45) is 0 Å². The Bertz CT molecular complexity index is 874. The summed E-state index contributed by atoms with van der Waals surface area (Å²) in [6.07, 6.45) is 4.03. The number of sulfonamides is 1. The van der Waals surface area contributed by atoms with Crippen molar-refractivity contribution in [2.45, 2.75) is 11.3 Å². The van der Waals surface area contributed by atoms with Gasteiger partial charge in [0.1, 0.15) is 0 Å². The Balaban J connectivity index is 1.60. The lowest BCUT2D eigenvalue weighted by Gasteiger charge is -2.05. The molecule has 6 nitrogen and oxygen atoms in total. The van der Waals surface area contributed by atoms with Crippen LogP contribution in [0.2, 0.25) is 0 Å². The average molecular weight is 413 g/mol. The maximum absolute atomic E-state index is 12.2. The van der Waals surface area contributed by atoms with Gasteiger partial charge in [0, 0.05) is 35.2 Å². The van der Waals surface area contributed by atoms with Crippen LogP contribution in [-0.2, 0) is 16.4 Å². The van der Waals surface area contributed by atoms with E-state index in [0.717, 1.165) is 15.3 Å². The van der Waals surface area contributed by atoms with Crippen LogP contribution in [0.1, 0.15) is 5.69 Å². The number of halogens is 1. The normalized spacial score (nSPS) is 11.7. The SMILES string of the molecule is O=S(=O)(NCCc1csc(-n2cccn2)n1)c1ccc(Br)cc1. The standard InChI is InChI=1S/C14H13BrN4O2S2/c15-11-2-4-13(5-3-11)23(20,21)17-8-6-12-10-22-14(18-12)19-9-1-7-16-19/h1-5,7,9-10,17H,6,8H2. The van der Waals surface area contributed by atoms with Crippen molar-refractivity contribution in [1.29, 1.82) is 0 Å². The monoisotopic (exact) mass is 412 g/mol. The fourth-order valence-corrected chi connectivity index (χ4v) is 4.00. The smallest absolute Gasteiger partial charge is 0.223 e.